The third-order valence-electron chi connectivity index (χ3n) is 2.01. The Labute approximate surface area is 82.6 Å². The van der Waals surface area contributed by atoms with Crippen LogP contribution < -0.4 is 0 Å². The van der Waals surface area contributed by atoms with Crippen molar-refractivity contribution in [1.82, 2.24) is 5.06 Å². The van der Waals surface area contributed by atoms with Gasteiger partial charge >= 0.3 is 5.97 Å². The quantitative estimate of drug-likeness (QED) is 0.539. The Morgan fingerprint density at radius 2 is 2.00 bits per heavy atom. The maximum Gasteiger partial charge on any atom is 0.332 e. The number of carboxylic acid groups (broad SMARTS) is 1. The van der Waals surface area contributed by atoms with Crippen molar-refractivity contribution in [3.05, 3.63) is 0 Å². The van der Waals surface area contributed by atoms with Gasteiger partial charge in [-0.3, -0.25) is 9.63 Å². The van der Waals surface area contributed by atoms with E-state index in [0.717, 1.165) is 5.06 Å². The number of rotatable bonds is 4. The molecule has 5 nitrogen and oxygen atoms in total. The molecule has 0 heterocycles. The molecule has 5 heteroatoms. The summed E-state index contributed by atoms with van der Waals surface area (Å²) < 4.78 is 0. The van der Waals surface area contributed by atoms with Crippen molar-refractivity contribution < 1.29 is 19.5 Å². The normalized spacial score (nSPS) is 18.8. The highest BCUT2D eigenvalue weighted by molar-refractivity contribution is 5.84. The zero-order chi connectivity index (χ0) is 11.0. The van der Waals surface area contributed by atoms with Crippen molar-refractivity contribution in [2.75, 3.05) is 0 Å². The molecule has 1 rings (SSSR count). The van der Waals surface area contributed by atoms with Gasteiger partial charge in [0.15, 0.2) is 5.54 Å². The summed E-state index contributed by atoms with van der Waals surface area (Å²) in [5.41, 5.74) is -1.68. The molecule has 0 saturated heterocycles. The lowest BCUT2D eigenvalue weighted by molar-refractivity contribution is -0.240. The molecule has 1 amide bonds. The van der Waals surface area contributed by atoms with Gasteiger partial charge in [-0.1, -0.05) is 0 Å². The number of carbonyl (C=O) groups excluding carboxylic acids is 1. The van der Waals surface area contributed by atoms with E-state index in [4.69, 9.17) is 9.94 Å². The fraction of sp³-hybridized carbons (Fsp3) is 0.778. The number of hydroxylamine groups is 2. The van der Waals surface area contributed by atoms with Crippen LogP contribution in [0.25, 0.3) is 0 Å². The first-order valence-electron chi connectivity index (χ1n) is 4.49. The zero-order valence-electron chi connectivity index (χ0n) is 8.61. The molecule has 0 radical (unpaired) electrons. The number of nitrogens with zero attached hydrogens (tertiary/aromatic N) is 1. The van der Waals surface area contributed by atoms with Gasteiger partial charge in [0.2, 0.25) is 6.41 Å². The lowest BCUT2D eigenvalue weighted by Crippen LogP contribution is -2.46. The topological polar surface area (TPSA) is 66.8 Å². The summed E-state index contributed by atoms with van der Waals surface area (Å²) >= 11 is 0. The van der Waals surface area contributed by atoms with E-state index in [1.165, 1.54) is 0 Å². The van der Waals surface area contributed by atoms with E-state index >= 15 is 0 Å². The molecule has 80 valence electrons. The fourth-order valence-corrected chi connectivity index (χ4v) is 1.15. The van der Waals surface area contributed by atoms with Crippen LogP contribution in [0.3, 0.4) is 0 Å². The molecule has 1 aliphatic rings. The van der Waals surface area contributed by atoms with E-state index in [1.54, 1.807) is 20.8 Å². The van der Waals surface area contributed by atoms with E-state index in [9.17, 15) is 9.59 Å². The summed E-state index contributed by atoms with van der Waals surface area (Å²) in [6.45, 7) is 5.30. The Kier molecular flexibility index (Phi) is 2.54. The number of hydrogen-bond acceptors (Lipinski definition) is 3. The van der Waals surface area contributed by atoms with Gasteiger partial charge in [-0.2, -0.15) is 0 Å². The number of carboxylic acids is 1. The van der Waals surface area contributed by atoms with Crippen LogP contribution in [-0.2, 0) is 14.4 Å². The van der Waals surface area contributed by atoms with E-state index in [2.05, 4.69) is 0 Å². The van der Waals surface area contributed by atoms with Gasteiger partial charge in [0.05, 0.1) is 5.60 Å². The predicted octanol–water partition coefficient (Wildman–Crippen LogP) is 0.792. The van der Waals surface area contributed by atoms with Crippen molar-refractivity contribution in [1.29, 1.82) is 0 Å². The highest BCUT2D eigenvalue weighted by Gasteiger charge is 2.57. The van der Waals surface area contributed by atoms with E-state index < -0.39 is 17.1 Å². The van der Waals surface area contributed by atoms with E-state index in [0.29, 0.717) is 19.3 Å². The maximum absolute atomic E-state index is 10.9. The van der Waals surface area contributed by atoms with Crippen LogP contribution in [0.4, 0.5) is 0 Å². The average molecular weight is 201 g/mol. The van der Waals surface area contributed by atoms with Crippen LogP contribution in [0, 0.1) is 0 Å². The van der Waals surface area contributed by atoms with Crippen molar-refractivity contribution in [3.63, 3.8) is 0 Å². The first kappa shape index (κ1) is 11.0. The highest BCUT2D eigenvalue weighted by Crippen LogP contribution is 2.42. The molecule has 0 bridgehead atoms. The Bertz CT molecular complexity index is 252. The summed E-state index contributed by atoms with van der Waals surface area (Å²) in [4.78, 5) is 26.9. The van der Waals surface area contributed by atoms with Crippen molar-refractivity contribution in [3.8, 4) is 0 Å². The molecule has 0 atom stereocenters. The summed E-state index contributed by atoms with van der Waals surface area (Å²) in [5.74, 6) is -1.01. The van der Waals surface area contributed by atoms with Crippen molar-refractivity contribution in [2.24, 2.45) is 0 Å². The third kappa shape index (κ3) is 2.04. The minimum absolute atomic E-state index is 0.437. The van der Waals surface area contributed by atoms with Gasteiger partial charge in [-0.05, 0) is 33.6 Å². The van der Waals surface area contributed by atoms with Crippen LogP contribution in [-0.4, -0.2) is 33.7 Å². The van der Waals surface area contributed by atoms with Gasteiger partial charge in [-0.25, -0.2) is 9.86 Å². The average Bonchev–Trinajstić information content (AvgIpc) is 2.78. The van der Waals surface area contributed by atoms with Crippen LogP contribution in [0.1, 0.15) is 33.6 Å². The van der Waals surface area contributed by atoms with Crippen molar-refractivity contribution in [2.45, 2.75) is 44.8 Å². The Hall–Kier alpha value is -1.10. The van der Waals surface area contributed by atoms with Crippen LogP contribution in [0.15, 0.2) is 0 Å². The second kappa shape index (κ2) is 3.24. The minimum Gasteiger partial charge on any atom is -0.479 e. The standard InChI is InChI=1S/C9H15NO4/c1-8(2,3)14-10(6-11)9(4-5-9)7(12)13/h6H,4-5H2,1-3H3,(H,12,13). The molecule has 14 heavy (non-hydrogen) atoms. The second-order valence-electron chi connectivity index (χ2n) is 4.47. The number of aliphatic carboxylic acids is 1. The Balaban J connectivity index is 2.73. The molecular formula is C9H15NO4. The van der Waals surface area contributed by atoms with Crippen LogP contribution in [0.5, 0.6) is 0 Å². The lowest BCUT2D eigenvalue weighted by Gasteiger charge is -2.30. The monoisotopic (exact) mass is 201 g/mol. The summed E-state index contributed by atoms with van der Waals surface area (Å²) in [7, 11) is 0. The summed E-state index contributed by atoms with van der Waals surface area (Å²) in [6.07, 6.45) is 1.35. The van der Waals surface area contributed by atoms with Crippen molar-refractivity contribution >= 4 is 12.4 Å². The van der Waals surface area contributed by atoms with E-state index in [-0.39, 0.29) is 0 Å². The molecule has 1 saturated carbocycles. The molecule has 0 aliphatic heterocycles. The van der Waals surface area contributed by atoms with Gasteiger partial charge in [0.25, 0.3) is 0 Å². The molecule has 1 fully saturated rings. The number of hydrogen-bond donors (Lipinski definition) is 1. The SMILES string of the molecule is CC(C)(C)ON(C=O)C1(C(=O)O)CC1. The molecule has 0 aromatic heterocycles. The lowest BCUT2D eigenvalue weighted by atomic mass is 10.2. The van der Waals surface area contributed by atoms with Gasteiger partial charge in [-0.15, -0.1) is 0 Å². The Morgan fingerprint density at radius 3 is 2.21 bits per heavy atom. The molecule has 0 aromatic carbocycles. The molecule has 1 N–H and O–H groups in total. The fourth-order valence-electron chi connectivity index (χ4n) is 1.15. The first-order chi connectivity index (χ1) is 6.32. The predicted molar refractivity (Wildman–Crippen MR) is 48.3 cm³/mol. The second-order valence-corrected chi connectivity index (χ2v) is 4.47. The van der Waals surface area contributed by atoms with Crippen LogP contribution >= 0.6 is 0 Å². The smallest absolute Gasteiger partial charge is 0.332 e. The van der Waals surface area contributed by atoms with Crippen LogP contribution in [0.2, 0.25) is 0 Å². The van der Waals surface area contributed by atoms with Gasteiger partial charge in [0.1, 0.15) is 0 Å². The molecule has 0 aromatic rings. The number of amides is 1. The molecule has 0 unspecified atom stereocenters. The van der Waals surface area contributed by atoms with Gasteiger partial charge in [0, 0.05) is 0 Å². The minimum atomic E-state index is -1.12. The highest BCUT2D eigenvalue weighted by atomic mass is 16.7. The first-order valence-corrected chi connectivity index (χ1v) is 4.49. The summed E-state index contributed by atoms with van der Waals surface area (Å²) in [5, 5.41) is 9.85. The maximum atomic E-state index is 10.9. The largest absolute Gasteiger partial charge is 0.479 e. The van der Waals surface area contributed by atoms with Gasteiger partial charge < -0.3 is 5.11 Å². The number of carbonyl (C=O) groups is 2. The molecule has 0 spiro atoms. The molecule has 1 aliphatic carbocycles. The zero-order valence-corrected chi connectivity index (χ0v) is 8.61. The molecular weight excluding hydrogens is 186 g/mol. The Morgan fingerprint density at radius 1 is 1.50 bits per heavy atom. The summed E-state index contributed by atoms with van der Waals surface area (Å²) in [6, 6.07) is 0. The van der Waals surface area contributed by atoms with E-state index in [1.807, 2.05) is 0 Å². The third-order valence-corrected chi connectivity index (χ3v) is 2.01.